The lowest BCUT2D eigenvalue weighted by Gasteiger charge is -1.97. The van der Waals surface area contributed by atoms with Gasteiger partial charge in [0, 0.05) is 17.2 Å². The van der Waals surface area contributed by atoms with E-state index in [0.29, 0.717) is 6.61 Å². The first-order valence-electron chi connectivity index (χ1n) is 5.43. The predicted molar refractivity (Wildman–Crippen MR) is 65.3 cm³/mol. The highest BCUT2D eigenvalue weighted by atomic mass is 16.5. The van der Waals surface area contributed by atoms with Crippen molar-refractivity contribution in [2.45, 2.75) is 6.92 Å². The zero-order chi connectivity index (χ0) is 12.1. The highest BCUT2D eigenvalue weighted by Crippen LogP contribution is 2.18. The van der Waals surface area contributed by atoms with Gasteiger partial charge in [0.2, 0.25) is 0 Å². The summed E-state index contributed by atoms with van der Waals surface area (Å²) in [5.74, 6) is -0.324. The van der Waals surface area contributed by atoms with E-state index in [2.05, 4.69) is 4.99 Å². The van der Waals surface area contributed by atoms with Gasteiger partial charge in [0.25, 0.3) is 0 Å². The lowest BCUT2D eigenvalue weighted by atomic mass is 10.2. The average Bonchev–Trinajstić information content (AvgIpc) is 2.78. The second kappa shape index (κ2) is 5.30. The van der Waals surface area contributed by atoms with Gasteiger partial charge in [-0.25, -0.2) is 0 Å². The summed E-state index contributed by atoms with van der Waals surface area (Å²) in [6.45, 7) is 2.18. The molecule has 1 aromatic heterocycles. The number of rotatable bonds is 4. The van der Waals surface area contributed by atoms with Crippen molar-refractivity contribution in [3.63, 3.8) is 0 Å². The highest BCUT2D eigenvalue weighted by molar-refractivity contribution is 5.96. The molecule has 0 saturated heterocycles. The largest absolute Gasteiger partial charge is 0.465 e. The van der Waals surface area contributed by atoms with Gasteiger partial charge in [-0.15, -0.1) is 0 Å². The SMILES string of the molecule is CCOC(=O)CN=Cc1cccc2ccoc12. The summed E-state index contributed by atoms with van der Waals surface area (Å²) in [7, 11) is 0. The Bertz CT molecular complexity index is 542. The van der Waals surface area contributed by atoms with Crippen molar-refractivity contribution < 1.29 is 13.9 Å². The molecule has 0 bridgehead atoms. The standard InChI is InChI=1S/C13H13NO3/c1-2-16-12(15)9-14-8-11-5-3-4-10-6-7-17-13(10)11/h3-8H,2,9H2,1H3. The van der Waals surface area contributed by atoms with Gasteiger partial charge in [-0.1, -0.05) is 12.1 Å². The molecule has 2 rings (SSSR count). The molecule has 0 saturated carbocycles. The Morgan fingerprint density at radius 3 is 3.18 bits per heavy atom. The number of hydrogen-bond donors (Lipinski definition) is 0. The van der Waals surface area contributed by atoms with E-state index < -0.39 is 0 Å². The molecular weight excluding hydrogens is 218 g/mol. The zero-order valence-electron chi connectivity index (χ0n) is 9.55. The molecular formula is C13H13NO3. The molecule has 0 radical (unpaired) electrons. The molecule has 0 N–H and O–H groups in total. The minimum atomic E-state index is -0.324. The van der Waals surface area contributed by atoms with Crippen LogP contribution in [0.25, 0.3) is 11.0 Å². The number of carbonyl (C=O) groups is 1. The van der Waals surface area contributed by atoms with Crippen LogP contribution in [-0.2, 0) is 9.53 Å². The molecule has 4 nitrogen and oxygen atoms in total. The first-order valence-corrected chi connectivity index (χ1v) is 5.43. The number of aliphatic imine (C=N–C) groups is 1. The van der Waals surface area contributed by atoms with E-state index in [4.69, 9.17) is 9.15 Å². The van der Waals surface area contributed by atoms with Crippen molar-refractivity contribution in [2.75, 3.05) is 13.2 Å². The van der Waals surface area contributed by atoms with Crippen LogP contribution in [-0.4, -0.2) is 25.3 Å². The summed E-state index contributed by atoms with van der Waals surface area (Å²) in [6, 6.07) is 7.66. The van der Waals surface area contributed by atoms with E-state index >= 15 is 0 Å². The van der Waals surface area contributed by atoms with Gasteiger partial charge < -0.3 is 9.15 Å². The van der Waals surface area contributed by atoms with Gasteiger partial charge in [-0.05, 0) is 19.1 Å². The minimum absolute atomic E-state index is 0.0327. The molecule has 17 heavy (non-hydrogen) atoms. The van der Waals surface area contributed by atoms with Crippen molar-refractivity contribution in [1.29, 1.82) is 0 Å². The van der Waals surface area contributed by atoms with Crippen LogP contribution >= 0.6 is 0 Å². The average molecular weight is 231 g/mol. The molecule has 0 aliphatic carbocycles. The van der Waals surface area contributed by atoms with Crippen LogP contribution in [0.5, 0.6) is 0 Å². The smallest absolute Gasteiger partial charge is 0.327 e. The van der Waals surface area contributed by atoms with Crippen LogP contribution in [0.4, 0.5) is 0 Å². The number of fused-ring (bicyclic) bond motifs is 1. The second-order valence-corrected chi connectivity index (χ2v) is 3.46. The van der Waals surface area contributed by atoms with Crippen LogP contribution in [0.3, 0.4) is 0 Å². The van der Waals surface area contributed by atoms with Crippen LogP contribution in [0.15, 0.2) is 39.9 Å². The van der Waals surface area contributed by atoms with Crippen molar-refractivity contribution in [2.24, 2.45) is 4.99 Å². The Balaban J connectivity index is 2.10. The Labute approximate surface area is 98.9 Å². The lowest BCUT2D eigenvalue weighted by molar-refractivity contribution is -0.141. The molecule has 2 aromatic rings. The maximum Gasteiger partial charge on any atom is 0.327 e. The highest BCUT2D eigenvalue weighted by Gasteiger charge is 2.02. The summed E-state index contributed by atoms with van der Waals surface area (Å²) in [5.41, 5.74) is 1.64. The molecule has 0 atom stereocenters. The number of ether oxygens (including phenoxy) is 1. The van der Waals surface area contributed by atoms with E-state index in [-0.39, 0.29) is 12.5 Å². The molecule has 88 valence electrons. The molecule has 0 amide bonds. The first-order chi connectivity index (χ1) is 8.31. The minimum Gasteiger partial charge on any atom is -0.465 e. The van der Waals surface area contributed by atoms with Gasteiger partial charge in [-0.2, -0.15) is 0 Å². The Kier molecular flexibility index (Phi) is 3.55. The number of carbonyl (C=O) groups excluding carboxylic acids is 1. The van der Waals surface area contributed by atoms with Crippen molar-refractivity contribution in [3.05, 3.63) is 36.1 Å². The number of nitrogens with zero attached hydrogens (tertiary/aromatic N) is 1. The predicted octanol–water partition coefficient (Wildman–Crippen LogP) is 2.41. The molecule has 0 spiro atoms. The lowest BCUT2D eigenvalue weighted by Crippen LogP contribution is -2.07. The van der Waals surface area contributed by atoms with E-state index in [1.807, 2.05) is 24.3 Å². The molecule has 1 heterocycles. The second-order valence-electron chi connectivity index (χ2n) is 3.46. The molecule has 0 fully saturated rings. The summed E-state index contributed by atoms with van der Waals surface area (Å²) < 4.78 is 10.1. The fourth-order valence-electron chi connectivity index (χ4n) is 1.54. The quantitative estimate of drug-likeness (QED) is 0.599. The van der Waals surface area contributed by atoms with Gasteiger partial charge in [0.05, 0.1) is 12.9 Å². The summed E-state index contributed by atoms with van der Waals surface area (Å²) in [4.78, 5) is 15.1. The third-order valence-corrected chi connectivity index (χ3v) is 2.27. The van der Waals surface area contributed by atoms with Crippen molar-refractivity contribution in [1.82, 2.24) is 0 Å². The third-order valence-electron chi connectivity index (χ3n) is 2.27. The number of esters is 1. The monoisotopic (exact) mass is 231 g/mol. The maximum atomic E-state index is 11.1. The van der Waals surface area contributed by atoms with Crippen LogP contribution in [0.1, 0.15) is 12.5 Å². The fourth-order valence-corrected chi connectivity index (χ4v) is 1.54. The number of furan rings is 1. The van der Waals surface area contributed by atoms with Crippen LogP contribution in [0, 0.1) is 0 Å². The third kappa shape index (κ3) is 2.72. The number of hydrogen-bond acceptors (Lipinski definition) is 4. The molecule has 4 heteroatoms. The number of para-hydroxylation sites is 1. The van der Waals surface area contributed by atoms with E-state index in [1.54, 1.807) is 19.4 Å². The number of benzene rings is 1. The van der Waals surface area contributed by atoms with E-state index in [1.165, 1.54) is 0 Å². The Morgan fingerprint density at radius 2 is 2.35 bits per heavy atom. The Hall–Kier alpha value is -2.10. The fraction of sp³-hybridized carbons (Fsp3) is 0.231. The van der Waals surface area contributed by atoms with Gasteiger partial charge in [-0.3, -0.25) is 9.79 Å². The van der Waals surface area contributed by atoms with Gasteiger partial charge >= 0.3 is 5.97 Å². The molecule has 0 aliphatic heterocycles. The van der Waals surface area contributed by atoms with Gasteiger partial charge in [0.15, 0.2) is 0 Å². The van der Waals surface area contributed by atoms with Crippen LogP contribution in [0.2, 0.25) is 0 Å². The van der Waals surface area contributed by atoms with Crippen molar-refractivity contribution in [3.8, 4) is 0 Å². The summed E-state index contributed by atoms with van der Waals surface area (Å²) >= 11 is 0. The van der Waals surface area contributed by atoms with Crippen LogP contribution < -0.4 is 0 Å². The molecule has 1 aromatic carbocycles. The molecule has 0 unspecified atom stereocenters. The first kappa shape index (κ1) is 11.4. The van der Waals surface area contributed by atoms with Crippen molar-refractivity contribution >= 4 is 23.2 Å². The maximum absolute atomic E-state index is 11.1. The van der Waals surface area contributed by atoms with E-state index in [0.717, 1.165) is 16.5 Å². The zero-order valence-corrected chi connectivity index (χ0v) is 9.55. The summed E-state index contributed by atoms with van der Waals surface area (Å²) in [5, 5.41) is 1.02. The van der Waals surface area contributed by atoms with Gasteiger partial charge in [0.1, 0.15) is 12.1 Å². The summed E-state index contributed by atoms with van der Waals surface area (Å²) in [6.07, 6.45) is 3.26. The van der Waals surface area contributed by atoms with E-state index in [9.17, 15) is 4.79 Å². The Morgan fingerprint density at radius 1 is 1.47 bits per heavy atom. The topological polar surface area (TPSA) is 51.8 Å². The molecule has 0 aliphatic rings. The normalized spacial score (nSPS) is 11.1.